The molecule has 4 atom stereocenters. The normalized spacial score (nSPS) is 27.3. The first-order valence-electron chi connectivity index (χ1n) is 8.05. The molecule has 0 aliphatic carbocycles. The van der Waals surface area contributed by atoms with E-state index in [2.05, 4.69) is 25.5 Å². The Hall–Kier alpha value is -1.42. The van der Waals surface area contributed by atoms with Crippen molar-refractivity contribution in [3.63, 3.8) is 0 Å². The topological polar surface area (TPSA) is 38.3 Å². The Bertz CT molecular complexity index is 716. The molecular weight excluding hydrogens is 326 g/mol. The molecule has 0 N–H and O–H groups in total. The van der Waals surface area contributed by atoms with Gasteiger partial charge in [-0.05, 0) is 43.7 Å². The third-order valence-corrected chi connectivity index (χ3v) is 5.84. The van der Waals surface area contributed by atoms with Gasteiger partial charge in [-0.25, -0.2) is 0 Å². The van der Waals surface area contributed by atoms with Gasteiger partial charge in [0.05, 0.1) is 11.7 Å². The molecule has 2 unspecified atom stereocenters. The molecule has 2 bridgehead atoms. The minimum Gasteiger partial charge on any atom is -0.459 e. The lowest BCUT2D eigenvalue weighted by molar-refractivity contribution is 0.262. The van der Waals surface area contributed by atoms with Gasteiger partial charge in [-0.2, -0.15) is 15.7 Å². The second kappa shape index (κ2) is 6.60. The smallest absolute Gasteiger partial charge is 0.250 e. The Morgan fingerprint density at radius 1 is 1.39 bits per heavy atom. The number of nitrogens with zero attached hydrogens (tertiary/aromatic N) is 3. The fraction of sp³-hybridized carbons (Fsp3) is 0.529. The average molecular weight is 345 g/mol. The summed E-state index contributed by atoms with van der Waals surface area (Å²) in [6, 6.07) is 2.02. The van der Waals surface area contributed by atoms with E-state index in [0.717, 1.165) is 17.8 Å². The Balaban J connectivity index is 1.47. The number of thiophene rings is 1. The first kappa shape index (κ1) is 15.1. The molecule has 6 heteroatoms. The maximum Gasteiger partial charge on any atom is 0.250 e. The van der Waals surface area contributed by atoms with Crippen LogP contribution in [0.15, 0.2) is 16.8 Å². The molecule has 120 valence electrons. The van der Waals surface area contributed by atoms with Gasteiger partial charge in [0.15, 0.2) is 6.10 Å². The molecule has 23 heavy (non-hydrogen) atoms. The summed E-state index contributed by atoms with van der Waals surface area (Å²) in [4.78, 5) is 2.54. The third kappa shape index (κ3) is 3.27. The van der Waals surface area contributed by atoms with Crippen LogP contribution < -0.4 is 4.74 Å². The van der Waals surface area contributed by atoms with Crippen molar-refractivity contribution in [2.45, 2.75) is 31.8 Å². The van der Waals surface area contributed by atoms with Crippen molar-refractivity contribution >= 4 is 23.1 Å². The zero-order chi connectivity index (χ0) is 15.6. The molecule has 0 saturated carbocycles. The molecule has 2 saturated heterocycles. The highest BCUT2D eigenvalue weighted by Gasteiger charge is 2.39. The number of hydrogen-bond acceptors (Lipinski definition) is 6. The van der Waals surface area contributed by atoms with Crippen molar-refractivity contribution < 1.29 is 4.74 Å². The molecule has 2 aliphatic rings. The summed E-state index contributed by atoms with van der Waals surface area (Å²) in [5.41, 5.74) is 2.09. The Morgan fingerprint density at radius 2 is 2.35 bits per heavy atom. The van der Waals surface area contributed by atoms with E-state index in [1.54, 1.807) is 11.3 Å². The summed E-state index contributed by atoms with van der Waals surface area (Å²) < 4.78 is 14.9. The van der Waals surface area contributed by atoms with E-state index in [0.29, 0.717) is 17.7 Å². The van der Waals surface area contributed by atoms with Crippen LogP contribution in [-0.4, -0.2) is 39.4 Å². The van der Waals surface area contributed by atoms with E-state index in [1.807, 2.05) is 23.8 Å². The fourth-order valence-corrected chi connectivity index (χ4v) is 4.68. The molecule has 2 aromatic rings. The van der Waals surface area contributed by atoms with E-state index in [9.17, 15) is 0 Å². The van der Waals surface area contributed by atoms with Gasteiger partial charge >= 0.3 is 0 Å². The molecule has 4 heterocycles. The Kier molecular flexibility index (Phi) is 4.34. The van der Waals surface area contributed by atoms with Crippen molar-refractivity contribution in [3.05, 3.63) is 28.1 Å². The third-order valence-electron chi connectivity index (χ3n) is 4.63. The first-order chi connectivity index (χ1) is 11.3. The second-order valence-electron chi connectivity index (χ2n) is 6.26. The quantitative estimate of drug-likeness (QED) is 0.801. The van der Waals surface area contributed by atoms with Gasteiger partial charge in [0.25, 0.3) is 5.88 Å². The van der Waals surface area contributed by atoms with Crippen molar-refractivity contribution in [2.75, 3.05) is 19.6 Å². The van der Waals surface area contributed by atoms with Crippen LogP contribution in [0.4, 0.5) is 0 Å². The largest absolute Gasteiger partial charge is 0.459 e. The van der Waals surface area contributed by atoms with Crippen molar-refractivity contribution in [2.24, 2.45) is 5.92 Å². The van der Waals surface area contributed by atoms with Gasteiger partial charge in [-0.1, -0.05) is 11.8 Å². The first-order valence-corrected chi connectivity index (χ1v) is 9.72. The van der Waals surface area contributed by atoms with E-state index < -0.39 is 0 Å². The van der Waals surface area contributed by atoms with Crippen LogP contribution in [0.5, 0.6) is 5.88 Å². The molecule has 0 radical (unpaired) electrons. The molecule has 2 fully saturated rings. The van der Waals surface area contributed by atoms with Crippen molar-refractivity contribution in [3.8, 4) is 17.7 Å². The van der Waals surface area contributed by atoms with Crippen LogP contribution >= 0.6 is 23.1 Å². The number of ether oxygens (including phenoxy) is 1. The predicted octanol–water partition coefficient (Wildman–Crippen LogP) is 3.23. The minimum absolute atomic E-state index is 0.182. The van der Waals surface area contributed by atoms with Crippen LogP contribution in [0.3, 0.4) is 0 Å². The Morgan fingerprint density at radius 3 is 3.17 bits per heavy atom. The lowest BCUT2D eigenvalue weighted by atomic mass is 9.89. The molecule has 2 aliphatic heterocycles. The van der Waals surface area contributed by atoms with Gasteiger partial charge in [0, 0.05) is 30.0 Å². The van der Waals surface area contributed by atoms with Crippen LogP contribution in [0.25, 0.3) is 0 Å². The van der Waals surface area contributed by atoms with Gasteiger partial charge in [-0.15, -0.1) is 4.37 Å². The molecule has 0 amide bonds. The Labute approximate surface area is 144 Å². The van der Waals surface area contributed by atoms with E-state index in [4.69, 9.17) is 4.74 Å². The minimum atomic E-state index is -0.182. The highest BCUT2D eigenvalue weighted by atomic mass is 32.1. The zero-order valence-electron chi connectivity index (χ0n) is 13.1. The summed E-state index contributed by atoms with van der Waals surface area (Å²) >= 11 is 2.91. The monoisotopic (exact) mass is 345 g/mol. The zero-order valence-corrected chi connectivity index (χ0v) is 14.7. The number of rotatable bonds is 3. The van der Waals surface area contributed by atoms with Gasteiger partial charge in [-0.3, -0.25) is 0 Å². The molecule has 4 nitrogen and oxygen atoms in total. The van der Waals surface area contributed by atoms with E-state index in [1.165, 1.54) is 37.7 Å². The van der Waals surface area contributed by atoms with Crippen molar-refractivity contribution in [1.29, 1.82) is 0 Å². The molecule has 4 rings (SSSR count). The lowest BCUT2D eigenvalue weighted by Crippen LogP contribution is -2.25. The number of fused-ring (bicyclic) bond motifs is 2. The molecule has 0 aromatic carbocycles. The van der Waals surface area contributed by atoms with Crippen LogP contribution in [-0.2, 0) is 0 Å². The highest BCUT2D eigenvalue weighted by Crippen LogP contribution is 2.41. The number of piperidine rings is 1. The van der Waals surface area contributed by atoms with Crippen LogP contribution in [0.2, 0.25) is 0 Å². The summed E-state index contributed by atoms with van der Waals surface area (Å²) in [5, 5.41) is 4.08. The van der Waals surface area contributed by atoms with Gasteiger partial charge in [0.2, 0.25) is 0 Å². The summed E-state index contributed by atoms with van der Waals surface area (Å²) in [6.45, 7) is 5.50. The number of aromatic nitrogens is 2. The summed E-state index contributed by atoms with van der Waals surface area (Å²) in [5.74, 6) is 8.17. The summed E-state index contributed by atoms with van der Waals surface area (Å²) in [7, 11) is 0. The van der Waals surface area contributed by atoms with Gasteiger partial charge in [0.1, 0.15) is 5.69 Å². The second-order valence-corrected chi connectivity index (χ2v) is 7.57. The molecule has 2 aromatic heterocycles. The molecule has 0 spiro atoms. The maximum absolute atomic E-state index is 5.99. The van der Waals surface area contributed by atoms with Crippen LogP contribution in [0, 0.1) is 17.8 Å². The standard InChI is InChI=1S/C17H19N3OS2/c1-12(4-5-13-6-8-22-11-13)21-17-16(18-23-19-17)15-10-20-7-2-3-14(15)9-20/h6,8,11-12,14-15H,2-3,7,9-10H2,1H3/t12?,14-,15-/m0/s1. The lowest BCUT2D eigenvalue weighted by Gasteiger charge is -2.21. The fourth-order valence-electron chi connectivity index (χ4n) is 3.54. The van der Waals surface area contributed by atoms with Crippen molar-refractivity contribution in [1.82, 2.24) is 13.6 Å². The maximum atomic E-state index is 5.99. The predicted molar refractivity (Wildman–Crippen MR) is 93.1 cm³/mol. The van der Waals surface area contributed by atoms with Gasteiger partial charge < -0.3 is 9.64 Å². The van der Waals surface area contributed by atoms with E-state index in [-0.39, 0.29) is 6.10 Å². The van der Waals surface area contributed by atoms with Crippen LogP contribution in [0.1, 0.15) is 36.9 Å². The summed E-state index contributed by atoms with van der Waals surface area (Å²) in [6.07, 6.45) is 2.42. The van der Waals surface area contributed by atoms with E-state index >= 15 is 0 Å². The average Bonchev–Trinajstić information content (AvgIpc) is 3.27. The molecular formula is C17H19N3OS2. The number of hydrogen-bond donors (Lipinski definition) is 0. The SMILES string of the molecule is CC(C#Cc1ccsc1)Oc1nsnc1[C@H]1CN2CCC[C@H]1C2. The highest BCUT2D eigenvalue weighted by molar-refractivity contribution is 7.08.